The molecule has 0 aliphatic heterocycles. The molecule has 1 heterocycles. The molecule has 6 heteroatoms. The van der Waals surface area contributed by atoms with Crippen LogP contribution >= 0.6 is 0 Å². The zero-order valence-corrected chi connectivity index (χ0v) is 28.7. The number of hydrogen-bond donors (Lipinski definition) is 0. The van der Waals surface area contributed by atoms with Crippen molar-refractivity contribution >= 4 is 10.0 Å². The molecule has 0 aliphatic rings. The van der Waals surface area contributed by atoms with Gasteiger partial charge in [-0.25, -0.2) is 13.0 Å². The fourth-order valence-electron chi connectivity index (χ4n) is 5.60. The van der Waals surface area contributed by atoms with Gasteiger partial charge in [-0.15, -0.1) is 0 Å². The predicted molar refractivity (Wildman–Crippen MR) is 182 cm³/mol. The Hall–Kier alpha value is -2.70. The summed E-state index contributed by atoms with van der Waals surface area (Å²) in [5.41, 5.74) is 3.97. The van der Waals surface area contributed by atoms with Gasteiger partial charge in [-0.1, -0.05) is 120 Å². The van der Waals surface area contributed by atoms with Crippen LogP contribution in [0.15, 0.2) is 71.8 Å². The summed E-state index contributed by atoms with van der Waals surface area (Å²) in [5, 5.41) is 0. The van der Waals surface area contributed by atoms with Crippen LogP contribution in [0.25, 0.3) is 0 Å². The lowest BCUT2D eigenvalue weighted by Gasteiger charge is -2.22. The van der Waals surface area contributed by atoms with Crippen LogP contribution in [-0.4, -0.2) is 19.3 Å². The molecule has 0 atom stereocenters. The van der Waals surface area contributed by atoms with Gasteiger partial charge in [-0.05, 0) is 55.7 Å². The van der Waals surface area contributed by atoms with Crippen molar-refractivity contribution in [3.63, 3.8) is 0 Å². The van der Waals surface area contributed by atoms with Gasteiger partial charge in [0.05, 0.1) is 18.0 Å². The number of hydrogen-bond acceptors (Lipinski definition) is 3. The Morgan fingerprint density at radius 1 is 0.705 bits per heavy atom. The smallest absolute Gasteiger partial charge is 0.243 e. The Morgan fingerprint density at radius 3 is 1.86 bits per heavy atom. The topological polar surface area (TPSA) is 50.5 Å². The second-order valence-corrected chi connectivity index (χ2v) is 14.4. The van der Waals surface area contributed by atoms with E-state index < -0.39 is 10.0 Å². The summed E-state index contributed by atoms with van der Waals surface area (Å²) in [6.07, 6.45) is 20.8. The summed E-state index contributed by atoms with van der Waals surface area (Å²) in [7, 11) is -1.76. The van der Waals surface area contributed by atoms with E-state index in [1.165, 1.54) is 83.5 Å². The number of nitrogens with zero attached hydrogens (tertiary/aromatic N) is 2. The molecule has 0 radical (unpaired) electrons. The van der Waals surface area contributed by atoms with Crippen LogP contribution < -0.4 is 9.30 Å². The maximum Gasteiger partial charge on any atom is 0.243 e. The van der Waals surface area contributed by atoms with Gasteiger partial charge in [0.15, 0.2) is 11.9 Å². The second-order valence-electron chi connectivity index (χ2n) is 12.4. The van der Waals surface area contributed by atoms with E-state index in [4.69, 9.17) is 4.74 Å². The Morgan fingerprint density at radius 2 is 1.30 bits per heavy atom. The van der Waals surface area contributed by atoms with Gasteiger partial charge in [0.25, 0.3) is 0 Å². The number of benzene rings is 2. The molecule has 0 amide bonds. The molecule has 0 bridgehead atoms. The van der Waals surface area contributed by atoms with Gasteiger partial charge in [-0.3, -0.25) is 0 Å². The summed E-state index contributed by atoms with van der Waals surface area (Å²) in [4.78, 5) is 0.312. The Bertz CT molecular complexity index is 1340. The standard InChI is InChI=1S/C38H57N2O3S/c1-5-6-7-8-9-10-11-12-13-14-15-16-17-20-29-43-37-25-24-35(34(3)30-37)31-40(32-36-21-18-19-28-39(36)4)44(41,42)38-26-22-33(2)23-27-38/h18-19,21-28,30H,5-17,20,29,31-32H2,1-4H3/q+1. The third kappa shape index (κ3) is 12.4. The van der Waals surface area contributed by atoms with Gasteiger partial charge in [0.2, 0.25) is 10.0 Å². The summed E-state index contributed by atoms with van der Waals surface area (Å²) in [6.45, 7) is 7.56. The number of unbranched alkanes of at least 4 members (excludes halogenated alkanes) is 13. The quantitative estimate of drug-likeness (QED) is 0.0830. The highest BCUT2D eigenvalue weighted by Gasteiger charge is 2.28. The minimum atomic E-state index is -3.71. The third-order valence-corrected chi connectivity index (χ3v) is 10.4. The molecule has 3 rings (SSSR count). The molecule has 0 saturated carbocycles. The minimum Gasteiger partial charge on any atom is -0.494 e. The maximum atomic E-state index is 13.8. The van der Waals surface area contributed by atoms with E-state index in [-0.39, 0.29) is 13.1 Å². The van der Waals surface area contributed by atoms with Crippen molar-refractivity contribution < 1.29 is 17.7 Å². The lowest BCUT2D eigenvalue weighted by molar-refractivity contribution is -0.680. The lowest BCUT2D eigenvalue weighted by atomic mass is 10.0. The molecular formula is C38H57N2O3S+. The zero-order chi connectivity index (χ0) is 31.6. The van der Waals surface area contributed by atoms with E-state index in [1.54, 1.807) is 16.4 Å². The first-order valence-electron chi connectivity index (χ1n) is 17.0. The van der Waals surface area contributed by atoms with Gasteiger partial charge in [0, 0.05) is 18.7 Å². The van der Waals surface area contributed by atoms with Crippen molar-refractivity contribution in [1.82, 2.24) is 4.31 Å². The second kappa shape index (κ2) is 19.6. The number of sulfonamides is 1. The molecule has 0 aliphatic carbocycles. The summed E-state index contributed by atoms with van der Waals surface area (Å²) < 4.78 is 37.2. The van der Waals surface area contributed by atoms with Gasteiger partial charge < -0.3 is 4.74 Å². The fraction of sp³-hybridized carbons (Fsp3) is 0.553. The number of pyridine rings is 1. The van der Waals surface area contributed by atoms with Crippen molar-refractivity contribution in [3.8, 4) is 5.75 Å². The highest BCUT2D eigenvalue weighted by molar-refractivity contribution is 7.89. The highest BCUT2D eigenvalue weighted by Crippen LogP contribution is 2.25. The molecule has 0 fully saturated rings. The van der Waals surface area contributed by atoms with Crippen LogP contribution in [0.5, 0.6) is 5.75 Å². The summed E-state index contributed by atoms with van der Waals surface area (Å²) in [5.74, 6) is 0.850. The van der Waals surface area contributed by atoms with E-state index >= 15 is 0 Å². The number of rotatable bonds is 22. The minimum absolute atomic E-state index is 0.282. The Kier molecular flexibility index (Phi) is 16.0. The van der Waals surface area contributed by atoms with Gasteiger partial charge >= 0.3 is 0 Å². The SMILES string of the molecule is CCCCCCCCCCCCCCCCOc1ccc(CN(Cc2cccc[n+]2C)S(=O)(=O)c2ccc(C)cc2)c(C)c1. The predicted octanol–water partition coefficient (Wildman–Crippen LogP) is 9.38. The van der Waals surface area contributed by atoms with Crippen LogP contribution in [-0.2, 0) is 30.2 Å². The van der Waals surface area contributed by atoms with E-state index in [0.29, 0.717) is 4.90 Å². The van der Waals surface area contributed by atoms with Crippen LogP contribution in [0.1, 0.15) is 119 Å². The molecule has 0 N–H and O–H groups in total. The first-order valence-corrected chi connectivity index (χ1v) is 18.5. The van der Waals surface area contributed by atoms with Gasteiger partial charge in [0.1, 0.15) is 12.8 Å². The Labute approximate surface area is 268 Å². The van der Waals surface area contributed by atoms with Crippen LogP contribution in [0.2, 0.25) is 0 Å². The number of aromatic nitrogens is 1. The van der Waals surface area contributed by atoms with Crippen molar-refractivity contribution in [2.75, 3.05) is 6.61 Å². The molecule has 0 unspecified atom stereocenters. The van der Waals surface area contributed by atoms with E-state index in [1.807, 2.05) is 80.2 Å². The lowest BCUT2D eigenvalue weighted by Crippen LogP contribution is -2.39. The van der Waals surface area contributed by atoms with Crippen LogP contribution in [0.3, 0.4) is 0 Å². The molecule has 3 aromatic rings. The first-order chi connectivity index (χ1) is 21.3. The monoisotopic (exact) mass is 621 g/mol. The van der Waals surface area contributed by atoms with Crippen molar-refractivity contribution in [2.24, 2.45) is 7.05 Å². The van der Waals surface area contributed by atoms with Crippen LogP contribution in [0.4, 0.5) is 0 Å². The van der Waals surface area contributed by atoms with Crippen LogP contribution in [0, 0.1) is 13.8 Å². The van der Waals surface area contributed by atoms with Crippen molar-refractivity contribution in [2.45, 2.75) is 129 Å². The van der Waals surface area contributed by atoms with E-state index in [0.717, 1.165) is 41.2 Å². The van der Waals surface area contributed by atoms with E-state index in [9.17, 15) is 8.42 Å². The van der Waals surface area contributed by atoms with Crippen molar-refractivity contribution in [3.05, 3.63) is 89.2 Å². The average Bonchev–Trinajstić information content (AvgIpc) is 3.01. The molecular weight excluding hydrogens is 564 g/mol. The molecule has 44 heavy (non-hydrogen) atoms. The van der Waals surface area contributed by atoms with E-state index in [2.05, 4.69) is 6.92 Å². The number of ether oxygens (including phenoxy) is 1. The third-order valence-electron chi connectivity index (χ3n) is 8.59. The van der Waals surface area contributed by atoms with Crippen molar-refractivity contribution in [1.29, 1.82) is 0 Å². The molecule has 1 aromatic heterocycles. The zero-order valence-electron chi connectivity index (χ0n) is 27.9. The Balaban J connectivity index is 1.44. The highest BCUT2D eigenvalue weighted by atomic mass is 32.2. The molecule has 0 spiro atoms. The van der Waals surface area contributed by atoms with Gasteiger partial charge in [-0.2, -0.15) is 4.31 Å². The largest absolute Gasteiger partial charge is 0.494 e. The molecule has 5 nitrogen and oxygen atoms in total. The molecule has 242 valence electrons. The summed E-state index contributed by atoms with van der Waals surface area (Å²) >= 11 is 0. The molecule has 0 saturated heterocycles. The molecule has 2 aromatic carbocycles. The fourth-order valence-corrected chi connectivity index (χ4v) is 6.99. The normalized spacial score (nSPS) is 11.8. The first kappa shape index (κ1) is 35.8. The average molecular weight is 622 g/mol. The number of aryl methyl sites for hydroxylation is 3. The maximum absolute atomic E-state index is 13.8. The summed E-state index contributed by atoms with van der Waals surface area (Å²) in [6, 6.07) is 19.0.